The Hall–Kier alpha value is -2.17. The van der Waals surface area contributed by atoms with E-state index in [1.165, 1.54) is 0 Å². The first-order valence-corrected chi connectivity index (χ1v) is 6.44. The van der Waals surface area contributed by atoms with Crippen molar-refractivity contribution in [2.75, 3.05) is 11.4 Å². The SMILES string of the molecule is Cc1ccc2ncnc(N3CCCC3C(N)=O)c2c1. The number of hydrogen-bond acceptors (Lipinski definition) is 4. The predicted molar refractivity (Wildman–Crippen MR) is 73.8 cm³/mol. The van der Waals surface area contributed by atoms with Crippen LogP contribution in [-0.4, -0.2) is 28.5 Å². The number of aromatic nitrogens is 2. The van der Waals surface area contributed by atoms with Crippen molar-refractivity contribution in [3.63, 3.8) is 0 Å². The van der Waals surface area contributed by atoms with Crippen LogP contribution in [0, 0.1) is 6.92 Å². The van der Waals surface area contributed by atoms with E-state index in [2.05, 4.69) is 16.0 Å². The van der Waals surface area contributed by atoms with Crippen LogP contribution in [0.5, 0.6) is 0 Å². The van der Waals surface area contributed by atoms with Crippen molar-refractivity contribution in [1.82, 2.24) is 9.97 Å². The lowest BCUT2D eigenvalue weighted by molar-refractivity contribution is -0.119. The third kappa shape index (κ3) is 2.01. The van der Waals surface area contributed by atoms with Gasteiger partial charge in [0.05, 0.1) is 5.52 Å². The Morgan fingerprint density at radius 2 is 2.26 bits per heavy atom. The van der Waals surface area contributed by atoms with E-state index in [-0.39, 0.29) is 11.9 Å². The molecule has 3 rings (SSSR count). The first kappa shape index (κ1) is 11.9. The van der Waals surface area contributed by atoms with Gasteiger partial charge in [-0.25, -0.2) is 9.97 Å². The van der Waals surface area contributed by atoms with Gasteiger partial charge in [-0.2, -0.15) is 0 Å². The van der Waals surface area contributed by atoms with Crippen LogP contribution >= 0.6 is 0 Å². The van der Waals surface area contributed by atoms with Gasteiger partial charge >= 0.3 is 0 Å². The van der Waals surface area contributed by atoms with Crippen molar-refractivity contribution in [1.29, 1.82) is 0 Å². The molecule has 1 amide bonds. The standard InChI is InChI=1S/C14H16N4O/c1-9-4-5-11-10(7-9)14(17-8-16-11)18-6-2-3-12(18)13(15)19/h4-5,7-8,12H,2-3,6H2,1H3,(H2,15,19). The Balaban J connectivity index is 2.14. The van der Waals surface area contributed by atoms with Gasteiger partial charge in [-0.05, 0) is 31.9 Å². The molecule has 1 aliphatic heterocycles. The fourth-order valence-electron chi connectivity index (χ4n) is 2.70. The van der Waals surface area contributed by atoms with Gasteiger partial charge in [0, 0.05) is 11.9 Å². The summed E-state index contributed by atoms with van der Waals surface area (Å²) in [5, 5.41) is 0.982. The van der Waals surface area contributed by atoms with Crippen LogP contribution in [0.3, 0.4) is 0 Å². The molecule has 0 radical (unpaired) electrons. The molecule has 0 aliphatic carbocycles. The van der Waals surface area contributed by atoms with Gasteiger partial charge in [0.15, 0.2) is 0 Å². The fraction of sp³-hybridized carbons (Fsp3) is 0.357. The summed E-state index contributed by atoms with van der Waals surface area (Å²) in [6, 6.07) is 5.81. The largest absolute Gasteiger partial charge is 0.368 e. The van der Waals surface area contributed by atoms with Crippen LogP contribution < -0.4 is 10.6 Å². The maximum absolute atomic E-state index is 11.5. The van der Waals surface area contributed by atoms with E-state index < -0.39 is 0 Å². The normalized spacial score (nSPS) is 19.0. The predicted octanol–water partition coefficient (Wildman–Crippen LogP) is 1.39. The lowest BCUT2D eigenvalue weighted by Crippen LogP contribution is -2.40. The van der Waals surface area contributed by atoms with E-state index in [0.29, 0.717) is 0 Å². The van der Waals surface area contributed by atoms with Crippen LogP contribution in [0.25, 0.3) is 10.9 Å². The molecule has 19 heavy (non-hydrogen) atoms. The summed E-state index contributed by atoms with van der Waals surface area (Å²) in [6.07, 6.45) is 3.31. The highest BCUT2D eigenvalue weighted by molar-refractivity contribution is 5.93. The number of benzene rings is 1. The highest BCUT2D eigenvalue weighted by atomic mass is 16.1. The van der Waals surface area contributed by atoms with E-state index in [9.17, 15) is 4.79 Å². The summed E-state index contributed by atoms with van der Waals surface area (Å²) in [6.45, 7) is 2.85. The van der Waals surface area contributed by atoms with Gasteiger partial charge in [-0.3, -0.25) is 4.79 Å². The molecule has 2 N–H and O–H groups in total. The highest BCUT2D eigenvalue weighted by Gasteiger charge is 2.30. The zero-order valence-electron chi connectivity index (χ0n) is 10.8. The third-order valence-corrected chi connectivity index (χ3v) is 3.62. The number of hydrogen-bond donors (Lipinski definition) is 1. The van der Waals surface area contributed by atoms with E-state index in [4.69, 9.17) is 5.73 Å². The summed E-state index contributed by atoms with van der Waals surface area (Å²) >= 11 is 0. The Labute approximate surface area is 111 Å². The van der Waals surface area contributed by atoms with Gasteiger partial charge in [0.2, 0.25) is 5.91 Å². The minimum Gasteiger partial charge on any atom is -0.368 e. The minimum absolute atomic E-state index is 0.251. The number of carbonyl (C=O) groups excluding carboxylic acids is 1. The molecule has 1 atom stereocenters. The van der Waals surface area contributed by atoms with Crippen molar-refractivity contribution in [2.45, 2.75) is 25.8 Å². The van der Waals surface area contributed by atoms with Crippen LogP contribution in [0.2, 0.25) is 0 Å². The molecule has 0 bridgehead atoms. The Kier molecular flexibility index (Phi) is 2.81. The maximum Gasteiger partial charge on any atom is 0.240 e. The molecule has 98 valence electrons. The van der Waals surface area contributed by atoms with Crippen molar-refractivity contribution in [3.05, 3.63) is 30.1 Å². The van der Waals surface area contributed by atoms with Crippen LogP contribution in [0.4, 0.5) is 5.82 Å². The highest BCUT2D eigenvalue weighted by Crippen LogP contribution is 2.29. The zero-order valence-corrected chi connectivity index (χ0v) is 10.8. The zero-order chi connectivity index (χ0) is 13.4. The summed E-state index contributed by atoms with van der Waals surface area (Å²) in [7, 11) is 0. The van der Waals surface area contributed by atoms with E-state index in [1.54, 1.807) is 6.33 Å². The number of fused-ring (bicyclic) bond motifs is 1. The van der Waals surface area contributed by atoms with Crippen molar-refractivity contribution in [3.8, 4) is 0 Å². The van der Waals surface area contributed by atoms with Gasteiger partial charge in [0.1, 0.15) is 18.2 Å². The molecule has 0 spiro atoms. The summed E-state index contributed by atoms with van der Waals surface area (Å²) in [5.74, 6) is 0.534. The first-order valence-electron chi connectivity index (χ1n) is 6.44. The molecule has 1 saturated heterocycles. The molecule has 1 aromatic heterocycles. The topological polar surface area (TPSA) is 72.1 Å². The maximum atomic E-state index is 11.5. The molecule has 0 saturated carbocycles. The first-order chi connectivity index (χ1) is 9.16. The lowest BCUT2D eigenvalue weighted by Gasteiger charge is -2.24. The number of nitrogens with zero attached hydrogens (tertiary/aromatic N) is 3. The van der Waals surface area contributed by atoms with Crippen molar-refractivity contribution < 1.29 is 4.79 Å². The molecule has 1 aromatic carbocycles. The van der Waals surface area contributed by atoms with Gasteiger partial charge < -0.3 is 10.6 Å². The average molecular weight is 256 g/mol. The second-order valence-electron chi connectivity index (χ2n) is 4.97. The van der Waals surface area contributed by atoms with Crippen molar-refractivity contribution in [2.24, 2.45) is 5.73 Å². The molecule has 1 aliphatic rings. The number of rotatable bonds is 2. The second kappa shape index (κ2) is 4.50. The molecule has 2 heterocycles. The van der Waals surface area contributed by atoms with E-state index >= 15 is 0 Å². The fourth-order valence-corrected chi connectivity index (χ4v) is 2.70. The van der Waals surface area contributed by atoms with Crippen LogP contribution in [0.15, 0.2) is 24.5 Å². The van der Waals surface area contributed by atoms with Crippen LogP contribution in [0.1, 0.15) is 18.4 Å². The molecule has 1 unspecified atom stereocenters. The summed E-state index contributed by atoms with van der Waals surface area (Å²) in [5.41, 5.74) is 7.52. The number of nitrogens with two attached hydrogens (primary N) is 1. The number of amides is 1. The number of carbonyl (C=O) groups is 1. The molecule has 5 nitrogen and oxygen atoms in total. The molecular formula is C14H16N4O. The van der Waals surface area contributed by atoms with Crippen molar-refractivity contribution >= 4 is 22.6 Å². The van der Waals surface area contributed by atoms with E-state index in [1.807, 2.05) is 24.0 Å². The smallest absolute Gasteiger partial charge is 0.240 e. The minimum atomic E-state index is -0.281. The van der Waals surface area contributed by atoms with Gasteiger partial charge in [-0.1, -0.05) is 11.6 Å². The average Bonchev–Trinajstić information content (AvgIpc) is 2.87. The van der Waals surface area contributed by atoms with Gasteiger partial charge in [0.25, 0.3) is 0 Å². The Bertz CT molecular complexity index is 640. The molecule has 5 heteroatoms. The molecule has 2 aromatic rings. The number of aryl methyl sites for hydroxylation is 1. The summed E-state index contributed by atoms with van der Waals surface area (Å²) in [4.78, 5) is 22.2. The monoisotopic (exact) mass is 256 g/mol. The Morgan fingerprint density at radius 1 is 1.42 bits per heavy atom. The Morgan fingerprint density at radius 3 is 3.05 bits per heavy atom. The number of anilines is 1. The van der Waals surface area contributed by atoms with Gasteiger partial charge in [-0.15, -0.1) is 0 Å². The van der Waals surface area contributed by atoms with Crippen LogP contribution in [-0.2, 0) is 4.79 Å². The molecule has 1 fully saturated rings. The van der Waals surface area contributed by atoms with E-state index in [0.717, 1.165) is 41.7 Å². The second-order valence-corrected chi connectivity index (χ2v) is 4.97. The lowest BCUT2D eigenvalue weighted by atomic mass is 10.1. The third-order valence-electron chi connectivity index (χ3n) is 3.62. The quantitative estimate of drug-likeness (QED) is 0.881. The molecular weight excluding hydrogens is 240 g/mol. The summed E-state index contributed by atoms with van der Waals surface area (Å²) < 4.78 is 0. The number of primary amides is 1.